The van der Waals surface area contributed by atoms with Gasteiger partial charge >= 0.3 is 0 Å². The molecule has 1 amide bonds. The molecule has 1 aromatic heterocycles. The van der Waals surface area contributed by atoms with E-state index in [1.54, 1.807) is 6.07 Å². The van der Waals surface area contributed by atoms with E-state index < -0.39 is 5.91 Å². The Morgan fingerprint density at radius 2 is 2.25 bits per heavy atom. The molecule has 4 heteroatoms. The number of nitrogens with zero attached hydrogens (tertiary/aromatic N) is 1. The number of nitrogens with two attached hydrogens (primary N) is 1. The maximum Gasteiger partial charge on any atom is 0.284 e. The van der Waals surface area contributed by atoms with E-state index in [1.807, 2.05) is 13.1 Å². The number of primary amides is 1. The first-order valence-corrected chi connectivity index (χ1v) is 5.66. The minimum absolute atomic E-state index is 0.166. The molecule has 0 spiro atoms. The zero-order valence-corrected chi connectivity index (χ0v) is 10.2. The Kier molecular flexibility index (Phi) is 4.55. The summed E-state index contributed by atoms with van der Waals surface area (Å²) in [4.78, 5) is 13.1. The van der Waals surface area contributed by atoms with Crippen molar-refractivity contribution in [2.75, 3.05) is 13.6 Å². The molecule has 1 aromatic rings. The van der Waals surface area contributed by atoms with Crippen LogP contribution in [0.1, 0.15) is 49.0 Å². The monoisotopic (exact) mass is 224 g/mol. The van der Waals surface area contributed by atoms with Crippen LogP contribution in [0.15, 0.2) is 16.5 Å². The standard InChI is InChI=1S/C12H20N2O2/c1-4-5-8-14(3)9(2)10-6-7-11(16-10)12(13)15/h6-7,9H,4-5,8H2,1-3H3,(H2,13,15). The van der Waals surface area contributed by atoms with E-state index in [1.165, 1.54) is 6.42 Å². The van der Waals surface area contributed by atoms with Crippen molar-refractivity contribution in [3.63, 3.8) is 0 Å². The molecule has 16 heavy (non-hydrogen) atoms. The summed E-state index contributed by atoms with van der Waals surface area (Å²) in [5.74, 6) is 0.493. The molecule has 1 atom stereocenters. The maximum atomic E-state index is 10.9. The number of hydrogen-bond donors (Lipinski definition) is 1. The van der Waals surface area contributed by atoms with Crippen LogP contribution in [0.4, 0.5) is 0 Å². The summed E-state index contributed by atoms with van der Waals surface area (Å²) < 4.78 is 5.39. The van der Waals surface area contributed by atoms with Crippen molar-refractivity contribution in [2.24, 2.45) is 5.73 Å². The molecule has 0 bridgehead atoms. The van der Waals surface area contributed by atoms with Gasteiger partial charge in [0.05, 0.1) is 6.04 Å². The normalized spacial score (nSPS) is 13.0. The van der Waals surface area contributed by atoms with Crippen LogP contribution >= 0.6 is 0 Å². The molecule has 1 unspecified atom stereocenters. The van der Waals surface area contributed by atoms with E-state index in [-0.39, 0.29) is 11.8 Å². The second kappa shape index (κ2) is 5.70. The Balaban J connectivity index is 2.64. The molecule has 0 saturated carbocycles. The van der Waals surface area contributed by atoms with Crippen LogP contribution in [0.3, 0.4) is 0 Å². The van der Waals surface area contributed by atoms with Gasteiger partial charge in [-0.15, -0.1) is 0 Å². The van der Waals surface area contributed by atoms with Gasteiger partial charge in [-0.3, -0.25) is 9.69 Å². The number of carbonyl (C=O) groups excluding carboxylic acids is 1. The molecule has 4 nitrogen and oxygen atoms in total. The molecule has 0 aliphatic heterocycles. The summed E-state index contributed by atoms with van der Waals surface area (Å²) >= 11 is 0. The van der Waals surface area contributed by atoms with Gasteiger partial charge in [-0.1, -0.05) is 13.3 Å². The Labute approximate surface area is 96.4 Å². The summed E-state index contributed by atoms with van der Waals surface area (Å²) in [6, 6.07) is 3.61. The third-order valence-electron chi connectivity index (χ3n) is 2.81. The molecule has 2 N–H and O–H groups in total. The van der Waals surface area contributed by atoms with Crippen molar-refractivity contribution < 1.29 is 9.21 Å². The highest BCUT2D eigenvalue weighted by atomic mass is 16.4. The minimum Gasteiger partial charge on any atom is -0.454 e. The third kappa shape index (κ3) is 3.10. The zero-order chi connectivity index (χ0) is 12.1. The number of carbonyl (C=O) groups is 1. The van der Waals surface area contributed by atoms with Gasteiger partial charge in [0, 0.05) is 0 Å². The van der Waals surface area contributed by atoms with E-state index in [0.717, 1.165) is 18.7 Å². The van der Waals surface area contributed by atoms with Gasteiger partial charge < -0.3 is 10.2 Å². The van der Waals surface area contributed by atoms with Crippen LogP contribution in [0.2, 0.25) is 0 Å². The van der Waals surface area contributed by atoms with Crippen molar-refractivity contribution in [1.29, 1.82) is 0 Å². The Bertz CT molecular complexity index is 347. The lowest BCUT2D eigenvalue weighted by Crippen LogP contribution is -2.23. The van der Waals surface area contributed by atoms with Crippen LogP contribution < -0.4 is 5.73 Å². The SMILES string of the molecule is CCCCN(C)C(C)c1ccc(C(N)=O)o1. The number of furan rings is 1. The first-order chi connectivity index (χ1) is 7.56. The highest BCUT2D eigenvalue weighted by Crippen LogP contribution is 2.21. The van der Waals surface area contributed by atoms with Crippen LogP contribution in [0, 0.1) is 0 Å². The lowest BCUT2D eigenvalue weighted by atomic mass is 10.2. The van der Waals surface area contributed by atoms with Crippen LogP contribution in [0.25, 0.3) is 0 Å². The van der Waals surface area contributed by atoms with Gasteiger partial charge in [-0.25, -0.2) is 0 Å². The highest BCUT2D eigenvalue weighted by Gasteiger charge is 2.16. The zero-order valence-electron chi connectivity index (χ0n) is 10.2. The molecule has 0 radical (unpaired) electrons. The van der Waals surface area contributed by atoms with E-state index in [4.69, 9.17) is 10.2 Å². The summed E-state index contributed by atoms with van der Waals surface area (Å²) in [6.45, 7) is 5.24. The molecule has 0 saturated heterocycles. The topological polar surface area (TPSA) is 59.5 Å². The fraction of sp³-hybridized carbons (Fsp3) is 0.583. The van der Waals surface area contributed by atoms with Crippen molar-refractivity contribution in [2.45, 2.75) is 32.7 Å². The molecule has 1 heterocycles. The first kappa shape index (κ1) is 12.8. The summed E-state index contributed by atoms with van der Waals surface area (Å²) in [5.41, 5.74) is 5.14. The molecule has 1 rings (SSSR count). The summed E-state index contributed by atoms with van der Waals surface area (Å²) in [5, 5.41) is 0. The lowest BCUT2D eigenvalue weighted by molar-refractivity contribution is 0.0968. The molecule has 0 aliphatic rings. The van der Waals surface area contributed by atoms with Crippen LogP contribution in [-0.4, -0.2) is 24.4 Å². The van der Waals surface area contributed by atoms with Crippen molar-refractivity contribution >= 4 is 5.91 Å². The van der Waals surface area contributed by atoms with Gasteiger partial charge in [0.2, 0.25) is 0 Å². The van der Waals surface area contributed by atoms with E-state index in [2.05, 4.69) is 18.7 Å². The number of amides is 1. The fourth-order valence-electron chi connectivity index (χ4n) is 1.53. The lowest BCUT2D eigenvalue weighted by Gasteiger charge is -2.22. The molecule has 90 valence electrons. The van der Waals surface area contributed by atoms with Crippen LogP contribution in [-0.2, 0) is 0 Å². The van der Waals surface area contributed by atoms with Gasteiger partial charge in [-0.2, -0.15) is 0 Å². The molecular weight excluding hydrogens is 204 g/mol. The Hall–Kier alpha value is -1.29. The van der Waals surface area contributed by atoms with Gasteiger partial charge in [0.1, 0.15) is 5.76 Å². The second-order valence-electron chi connectivity index (χ2n) is 4.08. The van der Waals surface area contributed by atoms with Gasteiger partial charge in [0.25, 0.3) is 5.91 Å². The van der Waals surface area contributed by atoms with Crippen molar-refractivity contribution in [3.05, 3.63) is 23.7 Å². The van der Waals surface area contributed by atoms with Gasteiger partial charge in [0.15, 0.2) is 5.76 Å². The highest BCUT2D eigenvalue weighted by molar-refractivity contribution is 5.89. The van der Waals surface area contributed by atoms with E-state index >= 15 is 0 Å². The van der Waals surface area contributed by atoms with Gasteiger partial charge in [-0.05, 0) is 39.1 Å². The second-order valence-corrected chi connectivity index (χ2v) is 4.08. The fourth-order valence-corrected chi connectivity index (χ4v) is 1.53. The molecule has 0 aromatic carbocycles. The Morgan fingerprint density at radius 3 is 2.75 bits per heavy atom. The van der Waals surface area contributed by atoms with Crippen molar-refractivity contribution in [1.82, 2.24) is 4.90 Å². The first-order valence-electron chi connectivity index (χ1n) is 5.66. The summed E-state index contributed by atoms with van der Waals surface area (Å²) in [6.07, 6.45) is 2.33. The molecule has 0 aliphatic carbocycles. The molecular formula is C12H20N2O2. The van der Waals surface area contributed by atoms with Crippen molar-refractivity contribution in [3.8, 4) is 0 Å². The molecule has 0 fully saturated rings. The predicted molar refractivity (Wildman–Crippen MR) is 63.2 cm³/mol. The quantitative estimate of drug-likeness (QED) is 0.805. The Morgan fingerprint density at radius 1 is 1.56 bits per heavy atom. The van der Waals surface area contributed by atoms with Crippen LogP contribution in [0.5, 0.6) is 0 Å². The average molecular weight is 224 g/mol. The van der Waals surface area contributed by atoms with E-state index in [9.17, 15) is 4.79 Å². The van der Waals surface area contributed by atoms with E-state index in [0.29, 0.717) is 0 Å². The number of unbranched alkanes of at least 4 members (excludes halogenated alkanes) is 1. The number of rotatable bonds is 6. The average Bonchev–Trinajstić information content (AvgIpc) is 2.74. The smallest absolute Gasteiger partial charge is 0.284 e. The maximum absolute atomic E-state index is 10.9. The largest absolute Gasteiger partial charge is 0.454 e. The predicted octanol–water partition coefficient (Wildman–Crippen LogP) is 2.17. The summed E-state index contributed by atoms with van der Waals surface area (Å²) in [7, 11) is 2.05. The number of hydrogen-bond acceptors (Lipinski definition) is 3. The third-order valence-corrected chi connectivity index (χ3v) is 2.81. The minimum atomic E-state index is -0.519.